The molecule has 0 aliphatic heterocycles. The highest BCUT2D eigenvalue weighted by Crippen LogP contribution is 2.21. The lowest BCUT2D eigenvalue weighted by Crippen LogP contribution is -2.15. The molecule has 3 rings (SSSR count). The maximum Gasteiger partial charge on any atom is 0.234 e. The van der Waals surface area contributed by atoms with Gasteiger partial charge in [-0.1, -0.05) is 59.8 Å². The highest BCUT2D eigenvalue weighted by atomic mass is 32.2. The number of aliphatic hydroxyl groups is 1. The number of para-hydroxylation sites is 1. The van der Waals surface area contributed by atoms with E-state index in [0.717, 1.165) is 27.7 Å². The van der Waals surface area contributed by atoms with Crippen molar-refractivity contribution in [1.82, 2.24) is 9.55 Å². The molecular formula is C21H23N3O2S. The molecular weight excluding hydrogens is 358 g/mol. The molecule has 2 aromatic carbocycles. The molecule has 1 aromatic heterocycles. The largest absolute Gasteiger partial charge is 0.390 e. The van der Waals surface area contributed by atoms with Crippen LogP contribution in [-0.2, 0) is 17.9 Å². The van der Waals surface area contributed by atoms with Gasteiger partial charge in [0.25, 0.3) is 0 Å². The maximum absolute atomic E-state index is 12.3. The molecule has 1 amide bonds. The van der Waals surface area contributed by atoms with E-state index in [0.29, 0.717) is 6.54 Å². The summed E-state index contributed by atoms with van der Waals surface area (Å²) in [5.74, 6) is 0.175. The molecule has 3 aromatic rings. The van der Waals surface area contributed by atoms with E-state index < -0.39 is 0 Å². The quantitative estimate of drug-likeness (QED) is 0.612. The van der Waals surface area contributed by atoms with Gasteiger partial charge < -0.3 is 15.0 Å². The van der Waals surface area contributed by atoms with Gasteiger partial charge in [-0.25, -0.2) is 4.98 Å². The van der Waals surface area contributed by atoms with Gasteiger partial charge in [0.05, 0.1) is 24.3 Å². The van der Waals surface area contributed by atoms with Crippen LogP contribution in [0.4, 0.5) is 5.69 Å². The minimum atomic E-state index is -0.0885. The zero-order chi connectivity index (χ0) is 19.2. The molecule has 0 spiro atoms. The summed E-state index contributed by atoms with van der Waals surface area (Å²) < 4.78 is 1.95. The zero-order valence-electron chi connectivity index (χ0n) is 15.5. The summed E-state index contributed by atoms with van der Waals surface area (Å²) in [5, 5.41) is 13.3. The van der Waals surface area contributed by atoms with Gasteiger partial charge in [0.15, 0.2) is 5.16 Å². The molecule has 0 aliphatic rings. The minimum Gasteiger partial charge on any atom is -0.390 e. The summed E-state index contributed by atoms with van der Waals surface area (Å²) in [6.45, 7) is 4.53. The van der Waals surface area contributed by atoms with Gasteiger partial charge in [-0.05, 0) is 31.0 Å². The van der Waals surface area contributed by atoms with E-state index in [1.165, 1.54) is 17.3 Å². The molecule has 2 N–H and O–H groups in total. The van der Waals surface area contributed by atoms with Crippen LogP contribution in [0.25, 0.3) is 0 Å². The normalized spacial score (nSPS) is 10.8. The molecule has 0 radical (unpaired) electrons. The number of aromatic nitrogens is 2. The number of nitrogens with one attached hydrogen (secondary N) is 1. The summed E-state index contributed by atoms with van der Waals surface area (Å²) in [6.07, 6.45) is 1.66. The van der Waals surface area contributed by atoms with Crippen molar-refractivity contribution in [1.29, 1.82) is 0 Å². The average molecular weight is 382 g/mol. The molecule has 0 saturated heterocycles. The number of rotatable bonds is 7. The Kier molecular flexibility index (Phi) is 6.32. The average Bonchev–Trinajstić information content (AvgIpc) is 3.05. The van der Waals surface area contributed by atoms with Crippen molar-refractivity contribution in [3.63, 3.8) is 0 Å². The van der Waals surface area contributed by atoms with E-state index in [1.54, 1.807) is 6.20 Å². The molecule has 0 bridgehead atoms. The van der Waals surface area contributed by atoms with Crippen LogP contribution in [0.1, 0.15) is 22.4 Å². The predicted octanol–water partition coefficient (Wildman–Crippen LogP) is 3.77. The molecule has 6 heteroatoms. The lowest BCUT2D eigenvalue weighted by atomic mass is 10.1. The summed E-state index contributed by atoms with van der Waals surface area (Å²) in [4.78, 5) is 16.7. The zero-order valence-corrected chi connectivity index (χ0v) is 16.3. The van der Waals surface area contributed by atoms with Gasteiger partial charge in [-0.2, -0.15) is 0 Å². The Hall–Kier alpha value is -2.57. The molecule has 140 valence electrons. The standard InChI is InChI=1S/C21H23N3O2S/c1-15-7-9-17(10-8-15)12-24-18(13-25)11-22-21(24)27-14-20(26)23-19-6-4-3-5-16(19)2/h3-11,25H,12-14H2,1-2H3,(H,23,26). The Bertz CT molecular complexity index is 919. The first-order chi connectivity index (χ1) is 13.1. The number of hydrogen-bond acceptors (Lipinski definition) is 4. The minimum absolute atomic E-state index is 0.0789. The molecule has 5 nitrogen and oxygen atoms in total. The second-order valence-electron chi connectivity index (χ2n) is 6.41. The van der Waals surface area contributed by atoms with Crippen molar-refractivity contribution in [2.24, 2.45) is 0 Å². The Morgan fingerprint density at radius 3 is 2.59 bits per heavy atom. The SMILES string of the molecule is Cc1ccc(Cn2c(CO)cnc2SCC(=O)Nc2ccccc2C)cc1. The number of thioether (sulfide) groups is 1. The summed E-state index contributed by atoms with van der Waals surface area (Å²) in [7, 11) is 0. The van der Waals surface area contributed by atoms with E-state index in [9.17, 15) is 9.90 Å². The Morgan fingerprint density at radius 2 is 1.89 bits per heavy atom. The first-order valence-corrected chi connectivity index (χ1v) is 9.74. The number of carbonyl (C=O) groups excluding carboxylic acids is 1. The number of benzene rings is 2. The fourth-order valence-electron chi connectivity index (χ4n) is 2.71. The van der Waals surface area contributed by atoms with Crippen LogP contribution in [0.2, 0.25) is 0 Å². The van der Waals surface area contributed by atoms with Crippen LogP contribution in [0.3, 0.4) is 0 Å². The van der Waals surface area contributed by atoms with E-state index in [4.69, 9.17) is 0 Å². The monoisotopic (exact) mass is 381 g/mol. The predicted molar refractivity (Wildman–Crippen MR) is 109 cm³/mol. The highest BCUT2D eigenvalue weighted by Gasteiger charge is 2.13. The first kappa shape index (κ1) is 19.2. The van der Waals surface area contributed by atoms with Gasteiger partial charge in [0.2, 0.25) is 5.91 Å². The van der Waals surface area contributed by atoms with Crippen molar-refractivity contribution in [3.8, 4) is 0 Å². The number of aryl methyl sites for hydroxylation is 2. The molecule has 0 aliphatic carbocycles. The fraction of sp³-hybridized carbons (Fsp3) is 0.238. The van der Waals surface area contributed by atoms with Crippen molar-refractivity contribution in [2.75, 3.05) is 11.1 Å². The molecule has 0 atom stereocenters. The van der Waals surface area contributed by atoms with Gasteiger partial charge >= 0.3 is 0 Å². The smallest absolute Gasteiger partial charge is 0.234 e. The van der Waals surface area contributed by atoms with Crippen LogP contribution < -0.4 is 5.32 Å². The van der Waals surface area contributed by atoms with Crippen LogP contribution >= 0.6 is 11.8 Å². The Morgan fingerprint density at radius 1 is 1.15 bits per heavy atom. The molecule has 0 saturated carbocycles. The van der Waals surface area contributed by atoms with E-state index in [2.05, 4.69) is 41.5 Å². The molecule has 0 fully saturated rings. The second kappa shape index (κ2) is 8.88. The van der Waals surface area contributed by atoms with Gasteiger partial charge in [-0.3, -0.25) is 4.79 Å². The summed E-state index contributed by atoms with van der Waals surface area (Å²) in [6, 6.07) is 16.0. The van der Waals surface area contributed by atoms with Crippen molar-refractivity contribution in [2.45, 2.75) is 32.2 Å². The number of carbonyl (C=O) groups is 1. The topological polar surface area (TPSA) is 67.1 Å². The summed E-state index contributed by atoms with van der Waals surface area (Å²) in [5.41, 5.74) is 4.91. The van der Waals surface area contributed by atoms with Crippen LogP contribution in [-0.4, -0.2) is 26.3 Å². The van der Waals surface area contributed by atoms with E-state index in [-0.39, 0.29) is 18.3 Å². The third kappa shape index (κ3) is 4.99. The van der Waals surface area contributed by atoms with Crippen LogP contribution in [0.5, 0.6) is 0 Å². The van der Waals surface area contributed by atoms with Gasteiger partial charge in [-0.15, -0.1) is 0 Å². The lowest BCUT2D eigenvalue weighted by molar-refractivity contribution is -0.113. The number of amides is 1. The van der Waals surface area contributed by atoms with Gasteiger partial charge in [0, 0.05) is 12.2 Å². The molecule has 1 heterocycles. The number of nitrogens with zero attached hydrogens (tertiary/aromatic N) is 2. The Labute approximate surface area is 163 Å². The summed E-state index contributed by atoms with van der Waals surface area (Å²) >= 11 is 1.37. The van der Waals surface area contributed by atoms with Gasteiger partial charge in [0.1, 0.15) is 0 Å². The molecule has 0 unspecified atom stereocenters. The van der Waals surface area contributed by atoms with Crippen molar-refractivity contribution < 1.29 is 9.90 Å². The number of hydrogen-bond donors (Lipinski definition) is 2. The lowest BCUT2D eigenvalue weighted by Gasteiger charge is -2.12. The highest BCUT2D eigenvalue weighted by molar-refractivity contribution is 7.99. The van der Waals surface area contributed by atoms with E-state index >= 15 is 0 Å². The Balaban J connectivity index is 1.68. The van der Waals surface area contributed by atoms with Crippen molar-refractivity contribution >= 4 is 23.4 Å². The third-order valence-electron chi connectivity index (χ3n) is 4.28. The number of anilines is 1. The third-order valence-corrected chi connectivity index (χ3v) is 5.27. The fourth-order valence-corrected chi connectivity index (χ4v) is 3.51. The first-order valence-electron chi connectivity index (χ1n) is 8.76. The van der Waals surface area contributed by atoms with Crippen LogP contribution in [0.15, 0.2) is 59.9 Å². The second-order valence-corrected chi connectivity index (χ2v) is 7.36. The number of imidazole rings is 1. The van der Waals surface area contributed by atoms with E-state index in [1.807, 2.05) is 35.8 Å². The van der Waals surface area contributed by atoms with Crippen LogP contribution in [0, 0.1) is 13.8 Å². The maximum atomic E-state index is 12.3. The number of aliphatic hydroxyl groups excluding tert-OH is 1. The van der Waals surface area contributed by atoms with Crippen molar-refractivity contribution in [3.05, 3.63) is 77.1 Å². The molecule has 27 heavy (non-hydrogen) atoms.